The van der Waals surface area contributed by atoms with Crippen LogP contribution < -0.4 is 5.32 Å². The molecule has 0 bridgehead atoms. The number of nitrogens with one attached hydrogen (secondary N) is 1. The fourth-order valence-electron chi connectivity index (χ4n) is 1.22. The fourth-order valence-corrected chi connectivity index (χ4v) is 1.22. The number of pyridine rings is 1. The van der Waals surface area contributed by atoms with Gasteiger partial charge in [0.2, 0.25) is 5.95 Å². The van der Waals surface area contributed by atoms with Gasteiger partial charge in [-0.3, -0.25) is 4.79 Å². The van der Waals surface area contributed by atoms with E-state index in [1.807, 2.05) is 5.32 Å². The molecule has 1 rings (SSSR count). The third-order valence-corrected chi connectivity index (χ3v) is 2.11. The molecule has 18 heavy (non-hydrogen) atoms. The number of halogens is 2. The van der Waals surface area contributed by atoms with E-state index in [4.69, 9.17) is 10.2 Å². The van der Waals surface area contributed by atoms with Crippen molar-refractivity contribution in [2.24, 2.45) is 0 Å². The van der Waals surface area contributed by atoms with Crippen molar-refractivity contribution in [2.75, 3.05) is 6.61 Å². The lowest BCUT2D eigenvalue weighted by Gasteiger charge is -2.13. The number of aliphatic hydroxyl groups is 1. The van der Waals surface area contributed by atoms with Crippen molar-refractivity contribution < 1.29 is 28.6 Å². The predicted molar refractivity (Wildman–Crippen MR) is 54.7 cm³/mol. The van der Waals surface area contributed by atoms with Crippen LogP contribution in [0.25, 0.3) is 0 Å². The van der Waals surface area contributed by atoms with E-state index in [-0.39, 0.29) is 6.42 Å². The lowest BCUT2D eigenvalue weighted by Crippen LogP contribution is -2.41. The summed E-state index contributed by atoms with van der Waals surface area (Å²) in [5.41, 5.74) is -0.647. The molecule has 0 radical (unpaired) electrons. The quantitative estimate of drug-likeness (QED) is 0.643. The number of aliphatic carboxylic acids is 1. The first-order valence-electron chi connectivity index (χ1n) is 4.92. The van der Waals surface area contributed by atoms with E-state index in [0.29, 0.717) is 0 Å². The third kappa shape index (κ3) is 3.20. The number of carboxylic acids is 1. The minimum Gasteiger partial charge on any atom is -0.480 e. The normalized spacial score (nSPS) is 11.9. The highest BCUT2D eigenvalue weighted by Crippen LogP contribution is 2.09. The molecule has 0 saturated heterocycles. The van der Waals surface area contributed by atoms with E-state index in [1.165, 1.54) is 0 Å². The summed E-state index contributed by atoms with van der Waals surface area (Å²) in [5.74, 6) is -5.37. The SMILES string of the molecule is O=C(N[C@@H](CCO)C(=O)O)c1ccnc(F)c1F. The number of amides is 1. The topological polar surface area (TPSA) is 99.5 Å². The summed E-state index contributed by atoms with van der Waals surface area (Å²) >= 11 is 0. The maximum atomic E-state index is 13.2. The molecule has 98 valence electrons. The summed E-state index contributed by atoms with van der Waals surface area (Å²) in [4.78, 5) is 25.2. The van der Waals surface area contributed by atoms with Gasteiger partial charge < -0.3 is 15.5 Å². The molecule has 0 unspecified atom stereocenters. The van der Waals surface area contributed by atoms with Gasteiger partial charge in [0.05, 0.1) is 5.56 Å². The third-order valence-electron chi connectivity index (χ3n) is 2.11. The number of carbonyl (C=O) groups is 2. The summed E-state index contributed by atoms with van der Waals surface area (Å²) in [5, 5.41) is 19.3. The first-order chi connectivity index (χ1) is 8.47. The van der Waals surface area contributed by atoms with Gasteiger partial charge in [0.25, 0.3) is 5.91 Å². The number of hydrogen-bond acceptors (Lipinski definition) is 4. The van der Waals surface area contributed by atoms with Crippen LogP contribution in [0.2, 0.25) is 0 Å². The van der Waals surface area contributed by atoms with Crippen LogP contribution in [0.3, 0.4) is 0 Å². The van der Waals surface area contributed by atoms with Crippen molar-refractivity contribution >= 4 is 11.9 Å². The van der Waals surface area contributed by atoms with Crippen LogP contribution in [0.15, 0.2) is 12.3 Å². The van der Waals surface area contributed by atoms with Crippen LogP contribution in [0.1, 0.15) is 16.8 Å². The lowest BCUT2D eigenvalue weighted by atomic mass is 10.2. The Bertz CT molecular complexity index is 467. The molecule has 1 aromatic heterocycles. The number of aromatic nitrogens is 1. The summed E-state index contributed by atoms with van der Waals surface area (Å²) in [6.07, 6.45) is 0.644. The minimum atomic E-state index is -1.46. The van der Waals surface area contributed by atoms with Crippen molar-refractivity contribution in [2.45, 2.75) is 12.5 Å². The molecule has 0 aliphatic carbocycles. The van der Waals surface area contributed by atoms with Crippen molar-refractivity contribution in [1.82, 2.24) is 10.3 Å². The zero-order valence-electron chi connectivity index (χ0n) is 9.06. The monoisotopic (exact) mass is 260 g/mol. The summed E-state index contributed by atoms with van der Waals surface area (Å²) in [6.45, 7) is -0.468. The van der Waals surface area contributed by atoms with Gasteiger partial charge in [0.1, 0.15) is 6.04 Å². The predicted octanol–water partition coefficient (Wildman–Crippen LogP) is -0.0748. The maximum absolute atomic E-state index is 13.2. The van der Waals surface area contributed by atoms with Gasteiger partial charge in [0, 0.05) is 19.2 Å². The maximum Gasteiger partial charge on any atom is 0.326 e. The van der Waals surface area contributed by atoms with Crippen LogP contribution in [0.4, 0.5) is 8.78 Å². The molecule has 1 aromatic rings. The molecule has 0 saturated carbocycles. The van der Waals surface area contributed by atoms with Crippen LogP contribution in [-0.2, 0) is 4.79 Å². The highest BCUT2D eigenvalue weighted by Gasteiger charge is 2.23. The number of rotatable bonds is 5. The summed E-state index contributed by atoms with van der Waals surface area (Å²) in [6, 6.07) is -0.455. The van der Waals surface area contributed by atoms with Gasteiger partial charge in [-0.1, -0.05) is 0 Å². The summed E-state index contributed by atoms with van der Waals surface area (Å²) < 4.78 is 26.0. The van der Waals surface area contributed by atoms with Crippen molar-refractivity contribution in [3.63, 3.8) is 0 Å². The average molecular weight is 260 g/mol. The molecular formula is C10H10F2N2O4. The van der Waals surface area contributed by atoms with Gasteiger partial charge in [-0.05, 0) is 6.07 Å². The molecule has 0 fully saturated rings. The molecule has 0 aromatic carbocycles. The Hall–Kier alpha value is -2.09. The Morgan fingerprint density at radius 2 is 2.11 bits per heavy atom. The molecule has 6 nitrogen and oxygen atoms in total. The Morgan fingerprint density at radius 1 is 1.44 bits per heavy atom. The molecule has 0 aliphatic rings. The number of carboxylic acid groups (broad SMARTS) is 1. The zero-order valence-corrected chi connectivity index (χ0v) is 9.06. The second kappa shape index (κ2) is 6.01. The van der Waals surface area contributed by atoms with Crippen molar-refractivity contribution in [3.8, 4) is 0 Å². The Kier molecular flexibility index (Phi) is 4.67. The summed E-state index contributed by atoms with van der Waals surface area (Å²) in [7, 11) is 0. The second-order valence-electron chi connectivity index (χ2n) is 3.34. The van der Waals surface area contributed by atoms with Gasteiger partial charge in [0.15, 0.2) is 5.82 Å². The molecule has 0 spiro atoms. The fraction of sp³-hybridized carbons (Fsp3) is 0.300. The smallest absolute Gasteiger partial charge is 0.326 e. The standard InChI is InChI=1S/C10H10F2N2O4/c11-7-5(1-3-13-8(7)12)9(16)14-6(2-4-15)10(17)18/h1,3,6,15H,2,4H2,(H,14,16)(H,17,18)/t6-/m0/s1. The number of hydrogen-bond donors (Lipinski definition) is 3. The molecule has 1 atom stereocenters. The van der Waals surface area contributed by atoms with Gasteiger partial charge in [-0.15, -0.1) is 0 Å². The average Bonchev–Trinajstić information content (AvgIpc) is 2.31. The number of aliphatic hydroxyl groups excluding tert-OH is 1. The molecule has 1 amide bonds. The Morgan fingerprint density at radius 3 is 2.67 bits per heavy atom. The lowest BCUT2D eigenvalue weighted by molar-refractivity contribution is -0.139. The van der Waals surface area contributed by atoms with E-state index in [1.54, 1.807) is 0 Å². The minimum absolute atomic E-state index is 0.240. The van der Waals surface area contributed by atoms with Gasteiger partial charge in [-0.2, -0.15) is 4.39 Å². The Balaban J connectivity index is 2.87. The first-order valence-corrected chi connectivity index (χ1v) is 4.92. The number of nitrogens with zero attached hydrogens (tertiary/aromatic N) is 1. The molecule has 3 N–H and O–H groups in total. The van der Waals surface area contributed by atoms with Gasteiger partial charge in [-0.25, -0.2) is 14.2 Å². The van der Waals surface area contributed by atoms with E-state index in [2.05, 4.69) is 4.98 Å². The van der Waals surface area contributed by atoms with Gasteiger partial charge >= 0.3 is 5.97 Å². The van der Waals surface area contributed by atoms with Crippen molar-refractivity contribution in [3.05, 3.63) is 29.6 Å². The zero-order chi connectivity index (χ0) is 13.7. The van der Waals surface area contributed by atoms with E-state index in [9.17, 15) is 18.4 Å². The van der Waals surface area contributed by atoms with Crippen LogP contribution >= 0.6 is 0 Å². The first kappa shape index (κ1) is 14.0. The highest BCUT2D eigenvalue weighted by molar-refractivity contribution is 5.96. The molecule has 8 heteroatoms. The molecular weight excluding hydrogens is 250 g/mol. The number of carbonyl (C=O) groups excluding carboxylic acids is 1. The van der Waals surface area contributed by atoms with Crippen LogP contribution in [0, 0.1) is 11.8 Å². The highest BCUT2D eigenvalue weighted by atomic mass is 19.2. The Labute approximate surface area is 100 Å². The van der Waals surface area contributed by atoms with Crippen molar-refractivity contribution in [1.29, 1.82) is 0 Å². The van der Waals surface area contributed by atoms with Crippen LogP contribution in [0.5, 0.6) is 0 Å². The second-order valence-corrected chi connectivity index (χ2v) is 3.34. The molecule has 1 heterocycles. The largest absolute Gasteiger partial charge is 0.480 e. The van der Waals surface area contributed by atoms with Crippen LogP contribution in [-0.4, -0.2) is 39.7 Å². The molecule has 0 aliphatic heterocycles. The van der Waals surface area contributed by atoms with E-state index < -0.39 is 41.9 Å². The van der Waals surface area contributed by atoms with E-state index >= 15 is 0 Å². The van der Waals surface area contributed by atoms with E-state index in [0.717, 1.165) is 12.3 Å².